The Labute approximate surface area is 219 Å². The molecule has 7 heteroatoms. The van der Waals surface area contributed by atoms with E-state index in [-0.39, 0.29) is 0 Å². The first-order valence-electron chi connectivity index (χ1n) is 12.7. The Morgan fingerprint density at radius 3 is 2.72 bits per heavy atom. The van der Waals surface area contributed by atoms with Gasteiger partial charge in [0.1, 0.15) is 5.76 Å². The second kappa shape index (κ2) is 13.4. The van der Waals surface area contributed by atoms with Crippen molar-refractivity contribution in [3.05, 3.63) is 88.2 Å². The summed E-state index contributed by atoms with van der Waals surface area (Å²) in [4.78, 5) is 13.7. The lowest BCUT2D eigenvalue weighted by Crippen LogP contribution is -2.44. The molecule has 0 unspecified atom stereocenters. The Hall–Kier alpha value is -2.93. The SMILES string of the molecule is C=c1c(NCCCN2CCC(N(Cc3ccncc3)Cc3ccco3)CC2)ccn/c1=C/C(Cl)=C\C. The normalized spacial score (nSPS) is 16.1. The van der Waals surface area contributed by atoms with Crippen LogP contribution >= 0.6 is 11.6 Å². The molecule has 1 fully saturated rings. The minimum atomic E-state index is 0.543. The molecular formula is C29H36ClN5O. The summed E-state index contributed by atoms with van der Waals surface area (Å²) in [7, 11) is 0. The molecular weight excluding hydrogens is 470 g/mol. The van der Waals surface area contributed by atoms with Crippen LogP contribution in [0.1, 0.15) is 37.5 Å². The van der Waals surface area contributed by atoms with Crippen LogP contribution in [0.3, 0.4) is 0 Å². The lowest BCUT2D eigenvalue weighted by atomic mass is 10.0. The smallest absolute Gasteiger partial charge is 0.117 e. The Morgan fingerprint density at radius 1 is 1.19 bits per heavy atom. The molecule has 0 saturated carbocycles. The van der Waals surface area contributed by atoms with Gasteiger partial charge in [0.15, 0.2) is 0 Å². The highest BCUT2D eigenvalue weighted by atomic mass is 35.5. The molecule has 4 rings (SSSR count). The highest BCUT2D eigenvalue weighted by Gasteiger charge is 2.25. The molecule has 1 aliphatic heterocycles. The van der Waals surface area contributed by atoms with Gasteiger partial charge in [-0.3, -0.25) is 14.9 Å². The molecule has 3 aromatic heterocycles. The van der Waals surface area contributed by atoms with Gasteiger partial charge in [0.05, 0.1) is 18.2 Å². The van der Waals surface area contributed by atoms with Crippen molar-refractivity contribution in [3.8, 4) is 0 Å². The third-order valence-corrected chi connectivity index (χ3v) is 7.08. The van der Waals surface area contributed by atoms with E-state index in [0.29, 0.717) is 11.1 Å². The minimum absolute atomic E-state index is 0.543. The van der Waals surface area contributed by atoms with Crippen LogP contribution < -0.4 is 15.9 Å². The summed E-state index contributed by atoms with van der Waals surface area (Å²) in [5.74, 6) is 1.02. The number of nitrogens with one attached hydrogen (secondary N) is 1. The first-order chi connectivity index (χ1) is 17.6. The highest BCUT2D eigenvalue weighted by molar-refractivity contribution is 6.33. The number of aromatic nitrogens is 2. The molecule has 190 valence electrons. The summed E-state index contributed by atoms with van der Waals surface area (Å²) in [5, 5.41) is 5.87. The van der Waals surface area contributed by atoms with Crippen LogP contribution in [0, 0.1) is 0 Å². The number of pyridine rings is 2. The first kappa shape index (κ1) is 26.1. The van der Waals surface area contributed by atoms with E-state index in [1.807, 2.05) is 43.6 Å². The maximum Gasteiger partial charge on any atom is 0.117 e. The van der Waals surface area contributed by atoms with Gasteiger partial charge in [-0.15, -0.1) is 0 Å². The van der Waals surface area contributed by atoms with E-state index in [9.17, 15) is 0 Å². The highest BCUT2D eigenvalue weighted by Crippen LogP contribution is 2.22. The zero-order valence-corrected chi connectivity index (χ0v) is 21.8. The molecule has 1 saturated heterocycles. The molecule has 0 atom stereocenters. The average molecular weight is 506 g/mol. The Kier molecular flexibility index (Phi) is 9.73. The summed E-state index contributed by atoms with van der Waals surface area (Å²) in [6.45, 7) is 12.1. The molecule has 0 amide bonds. The quantitative estimate of drug-likeness (QED) is 0.390. The van der Waals surface area contributed by atoms with Gasteiger partial charge in [-0.25, -0.2) is 0 Å². The van der Waals surface area contributed by atoms with Crippen molar-refractivity contribution in [2.75, 3.05) is 31.5 Å². The molecule has 0 bridgehead atoms. The molecule has 0 spiro atoms. The lowest BCUT2D eigenvalue weighted by molar-refractivity contribution is 0.0907. The van der Waals surface area contributed by atoms with Gasteiger partial charge in [-0.2, -0.15) is 0 Å². The molecule has 4 heterocycles. The van der Waals surface area contributed by atoms with Crippen molar-refractivity contribution in [2.24, 2.45) is 0 Å². The van der Waals surface area contributed by atoms with Gasteiger partial charge >= 0.3 is 0 Å². The first-order valence-corrected chi connectivity index (χ1v) is 13.1. The molecule has 6 nitrogen and oxygen atoms in total. The summed E-state index contributed by atoms with van der Waals surface area (Å²) in [5.41, 5.74) is 2.31. The van der Waals surface area contributed by atoms with Crippen molar-refractivity contribution in [1.29, 1.82) is 0 Å². The van der Waals surface area contributed by atoms with Crippen molar-refractivity contribution in [2.45, 2.75) is 45.3 Å². The van der Waals surface area contributed by atoms with E-state index in [4.69, 9.17) is 16.0 Å². The fraction of sp³-hybridized carbons (Fsp3) is 0.379. The summed E-state index contributed by atoms with van der Waals surface area (Å²) < 4.78 is 5.66. The Morgan fingerprint density at radius 2 is 2.00 bits per heavy atom. The number of allylic oxidation sites excluding steroid dienone is 2. The number of piperidine rings is 1. The average Bonchev–Trinajstić information content (AvgIpc) is 3.42. The largest absolute Gasteiger partial charge is 0.468 e. The van der Waals surface area contributed by atoms with Crippen molar-refractivity contribution >= 4 is 29.9 Å². The van der Waals surface area contributed by atoms with Crippen LogP contribution in [-0.2, 0) is 13.1 Å². The van der Waals surface area contributed by atoms with Crippen molar-refractivity contribution in [3.63, 3.8) is 0 Å². The fourth-order valence-corrected chi connectivity index (χ4v) is 4.79. The number of anilines is 1. The predicted molar refractivity (Wildman–Crippen MR) is 148 cm³/mol. The number of nitrogens with zero attached hydrogens (tertiary/aromatic N) is 4. The maximum absolute atomic E-state index is 6.14. The Balaban J connectivity index is 1.25. The van der Waals surface area contributed by atoms with E-state index in [2.05, 4.69) is 49.9 Å². The van der Waals surface area contributed by atoms with Crippen LogP contribution in [-0.4, -0.2) is 52.0 Å². The Bertz CT molecular complexity index is 1200. The third-order valence-electron chi connectivity index (χ3n) is 6.75. The molecule has 0 aliphatic carbocycles. The van der Waals surface area contributed by atoms with E-state index in [0.717, 1.165) is 80.5 Å². The van der Waals surface area contributed by atoms with Crippen LogP contribution in [0.5, 0.6) is 0 Å². The molecule has 3 aromatic rings. The zero-order valence-electron chi connectivity index (χ0n) is 21.1. The van der Waals surface area contributed by atoms with Crippen LogP contribution in [0.2, 0.25) is 0 Å². The number of likely N-dealkylation sites (tertiary alicyclic amines) is 1. The van der Waals surface area contributed by atoms with Gasteiger partial charge < -0.3 is 14.6 Å². The van der Waals surface area contributed by atoms with Crippen LogP contribution in [0.25, 0.3) is 12.7 Å². The number of halogens is 1. The van der Waals surface area contributed by atoms with Gasteiger partial charge in [-0.1, -0.05) is 24.3 Å². The maximum atomic E-state index is 6.14. The molecule has 1 N–H and O–H groups in total. The summed E-state index contributed by atoms with van der Waals surface area (Å²) >= 11 is 6.14. The van der Waals surface area contributed by atoms with Crippen LogP contribution in [0.4, 0.5) is 5.69 Å². The standard InChI is InChI=1S/C29H36ClN5O/c1-3-25(30)20-29-23(2)28(9-15-33-29)32-12-5-16-34-17-10-26(11-18-34)35(22-27-6-4-19-36-27)21-24-7-13-31-14-8-24/h3-4,6-9,13-15,19-20,26,32H,2,5,10-12,16-18,21-22H2,1H3/b25-3+,29-20+. The monoisotopic (exact) mass is 505 g/mol. The van der Waals surface area contributed by atoms with E-state index >= 15 is 0 Å². The summed E-state index contributed by atoms with van der Waals surface area (Å²) in [6.07, 6.45) is 14.4. The predicted octanol–water partition coefficient (Wildman–Crippen LogP) is 4.37. The zero-order chi connectivity index (χ0) is 25.2. The van der Waals surface area contributed by atoms with Gasteiger partial charge in [0, 0.05) is 53.7 Å². The number of rotatable bonds is 11. The second-order valence-electron chi connectivity index (χ2n) is 9.23. The van der Waals surface area contributed by atoms with E-state index < -0.39 is 0 Å². The van der Waals surface area contributed by atoms with Gasteiger partial charge in [0.25, 0.3) is 0 Å². The lowest BCUT2D eigenvalue weighted by Gasteiger charge is -2.38. The number of furan rings is 1. The molecule has 36 heavy (non-hydrogen) atoms. The minimum Gasteiger partial charge on any atom is -0.468 e. The van der Waals surface area contributed by atoms with Gasteiger partial charge in [0.2, 0.25) is 0 Å². The summed E-state index contributed by atoms with van der Waals surface area (Å²) in [6, 6.07) is 10.8. The van der Waals surface area contributed by atoms with E-state index in [1.165, 1.54) is 5.56 Å². The van der Waals surface area contributed by atoms with Gasteiger partial charge in [-0.05, 0) is 87.8 Å². The third kappa shape index (κ3) is 7.53. The molecule has 0 aromatic carbocycles. The topological polar surface area (TPSA) is 57.4 Å². The van der Waals surface area contributed by atoms with Crippen molar-refractivity contribution < 1.29 is 4.42 Å². The molecule has 1 aliphatic rings. The second-order valence-corrected chi connectivity index (χ2v) is 9.67. The fourth-order valence-electron chi connectivity index (χ4n) is 4.69. The number of hydrogen-bond donors (Lipinski definition) is 1. The molecule has 0 radical (unpaired) electrons. The van der Waals surface area contributed by atoms with Crippen LogP contribution in [0.15, 0.2) is 70.7 Å². The van der Waals surface area contributed by atoms with E-state index in [1.54, 1.807) is 12.5 Å². The van der Waals surface area contributed by atoms with Crippen molar-refractivity contribution in [1.82, 2.24) is 19.8 Å². The number of hydrogen-bond acceptors (Lipinski definition) is 6.